The Hall–Kier alpha value is -3.80. The number of hydrogen-bond donors (Lipinski definition) is 1. The zero-order valence-corrected chi connectivity index (χ0v) is 22.3. The van der Waals surface area contributed by atoms with Crippen molar-refractivity contribution in [1.82, 2.24) is 9.88 Å². The fourth-order valence-corrected chi connectivity index (χ4v) is 6.90. The third-order valence-electron chi connectivity index (χ3n) is 8.66. The van der Waals surface area contributed by atoms with Crippen LogP contribution >= 0.6 is 0 Å². The molecule has 1 aliphatic heterocycles. The molecule has 1 N–H and O–H groups in total. The highest BCUT2D eigenvalue weighted by atomic mass is 19.1. The third kappa shape index (κ3) is 3.85. The Kier molecular flexibility index (Phi) is 6.13. The molecule has 196 valence electrons. The summed E-state index contributed by atoms with van der Waals surface area (Å²) in [4.78, 5) is 21.8. The first kappa shape index (κ1) is 24.5. The van der Waals surface area contributed by atoms with Crippen molar-refractivity contribution in [2.45, 2.75) is 43.6 Å². The minimum absolute atomic E-state index is 0.0337. The monoisotopic (exact) mass is 511 g/mol. The number of hydrogen-bond acceptors (Lipinski definition) is 3. The molecule has 6 rings (SSSR count). The first-order valence-electron chi connectivity index (χ1n) is 13.4. The van der Waals surface area contributed by atoms with Gasteiger partial charge < -0.3 is 19.5 Å². The fraction of sp³-hybridized carbons (Fsp3) is 0.344. The van der Waals surface area contributed by atoms with Crippen molar-refractivity contribution in [3.63, 3.8) is 0 Å². The van der Waals surface area contributed by atoms with Crippen LogP contribution in [0.2, 0.25) is 0 Å². The number of ether oxygens (including phenoxy) is 1. The molecule has 0 radical (unpaired) electrons. The number of methoxy groups -OCH3 is 1. The molecule has 5 nitrogen and oxygen atoms in total. The van der Waals surface area contributed by atoms with Crippen LogP contribution in [-0.4, -0.2) is 43.5 Å². The highest BCUT2D eigenvalue weighted by Crippen LogP contribution is 2.52. The zero-order valence-electron chi connectivity index (χ0n) is 22.3. The van der Waals surface area contributed by atoms with E-state index >= 15 is 0 Å². The summed E-state index contributed by atoms with van der Waals surface area (Å²) in [6, 6.07) is 21.3. The lowest BCUT2D eigenvalue weighted by Gasteiger charge is -2.51. The molecule has 1 aliphatic carbocycles. The Balaban J connectivity index is 1.42. The van der Waals surface area contributed by atoms with E-state index in [1.165, 1.54) is 22.7 Å². The number of nitrogens with zero attached hydrogens (tertiary/aromatic N) is 2. The number of rotatable bonds is 4. The van der Waals surface area contributed by atoms with Gasteiger partial charge in [0, 0.05) is 42.8 Å². The molecular weight excluding hydrogens is 477 g/mol. The molecule has 3 aromatic carbocycles. The molecule has 0 atom stereocenters. The van der Waals surface area contributed by atoms with Crippen molar-refractivity contribution in [3.05, 3.63) is 94.9 Å². The SMILES string of the molecule is COc1cccc(C(=O)N2CCc3c([nH]c4ccccc34)C23CCC(c2cccc(F)c2N(C)C)CC3)c1. The molecule has 4 aromatic rings. The van der Waals surface area contributed by atoms with E-state index < -0.39 is 5.54 Å². The van der Waals surface area contributed by atoms with Gasteiger partial charge in [-0.2, -0.15) is 0 Å². The minimum Gasteiger partial charge on any atom is -0.497 e. The van der Waals surface area contributed by atoms with Crippen molar-refractivity contribution in [2.24, 2.45) is 0 Å². The number of amides is 1. The first-order valence-corrected chi connectivity index (χ1v) is 13.4. The Morgan fingerprint density at radius 3 is 2.58 bits per heavy atom. The van der Waals surface area contributed by atoms with Crippen LogP contribution in [0.1, 0.15) is 58.8 Å². The van der Waals surface area contributed by atoms with Crippen LogP contribution in [0.5, 0.6) is 5.75 Å². The number of fused-ring (bicyclic) bond motifs is 4. The highest BCUT2D eigenvalue weighted by molar-refractivity contribution is 5.96. The Morgan fingerprint density at radius 1 is 1.05 bits per heavy atom. The molecule has 0 unspecified atom stereocenters. The molecule has 1 saturated carbocycles. The molecule has 0 saturated heterocycles. The Labute approximate surface area is 223 Å². The second-order valence-electron chi connectivity index (χ2n) is 10.8. The third-order valence-corrected chi connectivity index (χ3v) is 8.66. The summed E-state index contributed by atoms with van der Waals surface area (Å²) in [6.07, 6.45) is 4.20. The topological polar surface area (TPSA) is 48.6 Å². The largest absolute Gasteiger partial charge is 0.497 e. The Morgan fingerprint density at radius 2 is 1.82 bits per heavy atom. The van der Waals surface area contributed by atoms with Gasteiger partial charge in [-0.3, -0.25) is 4.79 Å². The van der Waals surface area contributed by atoms with Gasteiger partial charge in [-0.25, -0.2) is 4.39 Å². The number of benzene rings is 3. The van der Waals surface area contributed by atoms with Crippen molar-refractivity contribution >= 4 is 22.5 Å². The van der Waals surface area contributed by atoms with Crippen molar-refractivity contribution in [1.29, 1.82) is 0 Å². The summed E-state index contributed by atoms with van der Waals surface area (Å²) < 4.78 is 20.2. The van der Waals surface area contributed by atoms with E-state index in [-0.39, 0.29) is 17.6 Å². The smallest absolute Gasteiger partial charge is 0.254 e. The van der Waals surface area contributed by atoms with Gasteiger partial charge in [-0.1, -0.05) is 36.4 Å². The van der Waals surface area contributed by atoms with E-state index in [0.29, 0.717) is 23.5 Å². The van der Waals surface area contributed by atoms with Gasteiger partial charge in [0.05, 0.1) is 18.3 Å². The fourth-order valence-electron chi connectivity index (χ4n) is 6.90. The number of halogens is 1. The number of carbonyl (C=O) groups excluding carboxylic acids is 1. The van der Waals surface area contributed by atoms with Gasteiger partial charge in [0.1, 0.15) is 11.6 Å². The van der Waals surface area contributed by atoms with Crippen LogP contribution in [0.25, 0.3) is 10.9 Å². The number of carbonyl (C=O) groups is 1. The molecule has 1 amide bonds. The van der Waals surface area contributed by atoms with Crippen LogP contribution in [0.15, 0.2) is 66.7 Å². The predicted octanol–water partition coefficient (Wildman–Crippen LogP) is 6.63. The summed E-state index contributed by atoms with van der Waals surface area (Å²) >= 11 is 0. The number of H-pyrrole nitrogens is 1. The van der Waals surface area contributed by atoms with Gasteiger partial charge in [-0.15, -0.1) is 0 Å². The molecule has 6 heteroatoms. The van der Waals surface area contributed by atoms with Crippen molar-refractivity contribution in [2.75, 3.05) is 32.6 Å². The average molecular weight is 512 g/mol. The van der Waals surface area contributed by atoms with Gasteiger partial charge in [0.25, 0.3) is 5.91 Å². The second-order valence-corrected chi connectivity index (χ2v) is 10.8. The van der Waals surface area contributed by atoms with Crippen LogP contribution in [-0.2, 0) is 12.0 Å². The summed E-state index contributed by atoms with van der Waals surface area (Å²) in [5.74, 6) is 0.765. The number of para-hydroxylation sites is 2. The van der Waals surface area contributed by atoms with Gasteiger partial charge in [0.15, 0.2) is 0 Å². The molecule has 1 spiro atoms. The summed E-state index contributed by atoms with van der Waals surface area (Å²) in [5, 5.41) is 1.25. The lowest BCUT2D eigenvalue weighted by atomic mass is 9.69. The lowest BCUT2D eigenvalue weighted by Crippen LogP contribution is -2.55. The molecule has 2 aliphatic rings. The van der Waals surface area contributed by atoms with Crippen LogP contribution in [0.4, 0.5) is 10.1 Å². The van der Waals surface area contributed by atoms with Crippen LogP contribution < -0.4 is 9.64 Å². The van der Waals surface area contributed by atoms with E-state index in [2.05, 4.69) is 40.2 Å². The number of aromatic nitrogens is 1. The standard InChI is InChI=1S/C32H34FN3O2/c1-35(2)29-24(11-7-12-27(29)33)21-14-17-32(18-15-21)30-26(25-10-4-5-13-28(25)34-30)16-19-36(32)31(37)22-8-6-9-23(20-22)38-3/h4-13,20-21,34H,14-19H2,1-3H3. The first-order chi connectivity index (χ1) is 18.4. The predicted molar refractivity (Wildman–Crippen MR) is 150 cm³/mol. The highest BCUT2D eigenvalue weighted by Gasteiger charge is 2.49. The maximum absolute atomic E-state index is 14.8. The maximum Gasteiger partial charge on any atom is 0.254 e. The molecule has 38 heavy (non-hydrogen) atoms. The van der Waals surface area contributed by atoms with Crippen LogP contribution in [0.3, 0.4) is 0 Å². The van der Waals surface area contributed by atoms with E-state index in [1.807, 2.05) is 49.3 Å². The average Bonchev–Trinajstić information content (AvgIpc) is 3.33. The van der Waals surface area contributed by atoms with E-state index in [9.17, 15) is 9.18 Å². The van der Waals surface area contributed by atoms with Gasteiger partial charge >= 0.3 is 0 Å². The normalized spacial score (nSPS) is 20.9. The second kappa shape index (κ2) is 9.50. The molecule has 1 fully saturated rings. The van der Waals surface area contributed by atoms with Crippen molar-refractivity contribution < 1.29 is 13.9 Å². The molecule has 0 bridgehead atoms. The molecular formula is C32H34FN3O2. The summed E-state index contributed by atoms with van der Waals surface area (Å²) in [7, 11) is 5.43. The minimum atomic E-state index is -0.436. The van der Waals surface area contributed by atoms with Gasteiger partial charge in [0.2, 0.25) is 0 Å². The lowest BCUT2D eigenvalue weighted by molar-refractivity contribution is 0.0226. The zero-order chi connectivity index (χ0) is 26.4. The maximum atomic E-state index is 14.8. The summed E-state index contributed by atoms with van der Waals surface area (Å²) in [5.41, 5.74) is 5.56. The van der Waals surface area contributed by atoms with Crippen LogP contribution in [0, 0.1) is 5.82 Å². The molecule has 2 heterocycles. The van der Waals surface area contributed by atoms with E-state index in [1.54, 1.807) is 7.11 Å². The number of aromatic amines is 1. The van der Waals surface area contributed by atoms with Gasteiger partial charge in [-0.05, 0) is 79.5 Å². The number of anilines is 1. The quantitative estimate of drug-likeness (QED) is 0.334. The Bertz CT molecular complexity index is 1500. The van der Waals surface area contributed by atoms with E-state index in [0.717, 1.165) is 43.2 Å². The van der Waals surface area contributed by atoms with E-state index in [4.69, 9.17) is 4.74 Å². The summed E-state index contributed by atoms with van der Waals surface area (Å²) in [6.45, 7) is 0.665. The number of nitrogens with one attached hydrogen (secondary N) is 1. The molecule has 1 aromatic heterocycles. The van der Waals surface area contributed by atoms with Crippen molar-refractivity contribution in [3.8, 4) is 5.75 Å².